The number of hydrogen-bond acceptors (Lipinski definition) is 3. The standard InChI is InChI=1S/C24H26N2O3S/c1-17-6-5-7-22(14-17)26(30(4,28)29)16-20-10-12-21(13-11-20)24(27)25-23-15-18(2)8-9-19(23)3/h5-15H,16H2,1-4H3,(H,25,27). The second kappa shape index (κ2) is 8.71. The van der Waals surface area contributed by atoms with E-state index in [1.165, 1.54) is 10.6 Å². The summed E-state index contributed by atoms with van der Waals surface area (Å²) in [7, 11) is -3.45. The Balaban J connectivity index is 1.78. The minimum atomic E-state index is -3.45. The molecule has 156 valence electrons. The minimum absolute atomic E-state index is 0.196. The Hall–Kier alpha value is -3.12. The molecule has 0 aliphatic carbocycles. The predicted molar refractivity (Wildman–Crippen MR) is 123 cm³/mol. The van der Waals surface area contributed by atoms with Gasteiger partial charge in [0.1, 0.15) is 0 Å². The van der Waals surface area contributed by atoms with Crippen molar-refractivity contribution >= 4 is 27.3 Å². The molecule has 0 heterocycles. The Bertz CT molecular complexity index is 1170. The number of rotatable bonds is 6. The summed E-state index contributed by atoms with van der Waals surface area (Å²) in [5.74, 6) is -0.200. The second-order valence-electron chi connectivity index (χ2n) is 7.58. The van der Waals surface area contributed by atoms with Crippen molar-refractivity contribution < 1.29 is 13.2 Å². The van der Waals surface area contributed by atoms with E-state index in [1.807, 2.05) is 57.2 Å². The van der Waals surface area contributed by atoms with E-state index in [-0.39, 0.29) is 12.5 Å². The van der Waals surface area contributed by atoms with Gasteiger partial charge in [0.2, 0.25) is 10.0 Å². The van der Waals surface area contributed by atoms with Crippen LogP contribution in [0, 0.1) is 20.8 Å². The molecule has 0 aromatic heterocycles. The van der Waals surface area contributed by atoms with Crippen molar-refractivity contribution in [1.82, 2.24) is 0 Å². The highest BCUT2D eigenvalue weighted by atomic mass is 32.2. The van der Waals surface area contributed by atoms with Gasteiger partial charge in [-0.15, -0.1) is 0 Å². The average molecular weight is 423 g/mol. The third kappa shape index (κ3) is 5.27. The number of nitrogens with one attached hydrogen (secondary N) is 1. The third-order valence-electron chi connectivity index (χ3n) is 4.87. The number of carbonyl (C=O) groups excluding carboxylic acids is 1. The second-order valence-corrected chi connectivity index (χ2v) is 9.48. The van der Waals surface area contributed by atoms with E-state index in [1.54, 1.807) is 30.3 Å². The molecule has 1 amide bonds. The molecule has 3 rings (SSSR count). The van der Waals surface area contributed by atoms with Crippen LogP contribution in [0.25, 0.3) is 0 Å². The lowest BCUT2D eigenvalue weighted by atomic mass is 10.1. The molecule has 0 fully saturated rings. The van der Waals surface area contributed by atoms with Crippen LogP contribution in [0.4, 0.5) is 11.4 Å². The molecule has 3 aromatic carbocycles. The lowest BCUT2D eigenvalue weighted by Crippen LogP contribution is -2.29. The molecule has 0 spiro atoms. The third-order valence-corrected chi connectivity index (χ3v) is 6.01. The normalized spacial score (nSPS) is 11.2. The van der Waals surface area contributed by atoms with Crippen molar-refractivity contribution in [2.75, 3.05) is 15.9 Å². The van der Waals surface area contributed by atoms with Gasteiger partial charge in [0.15, 0.2) is 0 Å². The van der Waals surface area contributed by atoms with E-state index < -0.39 is 10.0 Å². The number of anilines is 2. The first-order chi connectivity index (χ1) is 14.1. The number of hydrogen-bond donors (Lipinski definition) is 1. The van der Waals surface area contributed by atoms with Crippen LogP contribution in [0.3, 0.4) is 0 Å². The highest BCUT2D eigenvalue weighted by Gasteiger charge is 2.18. The number of sulfonamides is 1. The smallest absolute Gasteiger partial charge is 0.255 e. The zero-order chi connectivity index (χ0) is 21.9. The molecule has 0 saturated heterocycles. The van der Waals surface area contributed by atoms with Crippen molar-refractivity contribution in [1.29, 1.82) is 0 Å². The quantitative estimate of drug-likeness (QED) is 0.619. The van der Waals surface area contributed by atoms with E-state index >= 15 is 0 Å². The first kappa shape index (κ1) is 21.6. The summed E-state index contributed by atoms with van der Waals surface area (Å²) in [6.45, 7) is 6.04. The van der Waals surface area contributed by atoms with E-state index in [0.717, 1.165) is 27.9 Å². The summed E-state index contributed by atoms with van der Waals surface area (Å²) in [5, 5.41) is 2.94. The van der Waals surface area contributed by atoms with Gasteiger partial charge in [0.25, 0.3) is 5.91 Å². The zero-order valence-electron chi connectivity index (χ0n) is 17.6. The summed E-state index contributed by atoms with van der Waals surface area (Å²) in [4.78, 5) is 12.6. The Morgan fingerprint density at radius 3 is 2.20 bits per heavy atom. The molecule has 0 saturated carbocycles. The average Bonchev–Trinajstić information content (AvgIpc) is 2.68. The van der Waals surface area contributed by atoms with Crippen LogP contribution in [-0.2, 0) is 16.6 Å². The van der Waals surface area contributed by atoms with E-state index in [9.17, 15) is 13.2 Å². The first-order valence-electron chi connectivity index (χ1n) is 9.65. The SMILES string of the molecule is Cc1cccc(N(Cc2ccc(C(=O)Nc3cc(C)ccc3C)cc2)S(C)(=O)=O)c1. The Labute approximate surface area is 178 Å². The van der Waals surface area contributed by atoms with Crippen molar-refractivity contribution in [3.63, 3.8) is 0 Å². The molecule has 0 unspecified atom stereocenters. The number of amides is 1. The Kier molecular flexibility index (Phi) is 6.27. The topological polar surface area (TPSA) is 66.5 Å². The van der Waals surface area contributed by atoms with Crippen LogP contribution >= 0.6 is 0 Å². The summed E-state index contributed by atoms with van der Waals surface area (Å²) < 4.78 is 26.1. The molecule has 6 heteroatoms. The van der Waals surface area contributed by atoms with Crippen LogP contribution in [-0.4, -0.2) is 20.6 Å². The van der Waals surface area contributed by atoms with E-state index in [2.05, 4.69) is 5.32 Å². The Morgan fingerprint density at radius 1 is 0.900 bits per heavy atom. The number of aryl methyl sites for hydroxylation is 3. The van der Waals surface area contributed by atoms with Gasteiger partial charge < -0.3 is 5.32 Å². The van der Waals surface area contributed by atoms with Gasteiger partial charge in [0.05, 0.1) is 18.5 Å². The van der Waals surface area contributed by atoms with Crippen molar-refractivity contribution in [3.05, 3.63) is 94.5 Å². The fourth-order valence-corrected chi connectivity index (χ4v) is 4.06. The maximum absolute atomic E-state index is 12.6. The lowest BCUT2D eigenvalue weighted by Gasteiger charge is -2.23. The van der Waals surface area contributed by atoms with Crippen molar-refractivity contribution in [2.45, 2.75) is 27.3 Å². The van der Waals surface area contributed by atoms with Gasteiger partial charge in [0, 0.05) is 11.3 Å². The van der Waals surface area contributed by atoms with Gasteiger partial charge >= 0.3 is 0 Å². The monoisotopic (exact) mass is 422 g/mol. The summed E-state index contributed by atoms with van der Waals surface area (Å²) in [6, 6.07) is 20.3. The molecule has 0 aliphatic rings. The Morgan fingerprint density at radius 2 is 1.57 bits per heavy atom. The first-order valence-corrected chi connectivity index (χ1v) is 11.5. The van der Waals surface area contributed by atoms with Gasteiger partial charge in [-0.1, -0.05) is 36.4 Å². The molecule has 1 N–H and O–H groups in total. The molecule has 30 heavy (non-hydrogen) atoms. The van der Waals surface area contributed by atoms with Crippen molar-refractivity contribution in [2.24, 2.45) is 0 Å². The van der Waals surface area contributed by atoms with Crippen LogP contribution in [0.2, 0.25) is 0 Å². The summed E-state index contributed by atoms with van der Waals surface area (Å²) in [6.07, 6.45) is 1.20. The maximum atomic E-state index is 12.6. The van der Waals surface area contributed by atoms with Gasteiger partial charge in [-0.25, -0.2) is 8.42 Å². The van der Waals surface area contributed by atoms with Gasteiger partial charge in [-0.05, 0) is 73.4 Å². The minimum Gasteiger partial charge on any atom is -0.322 e. The van der Waals surface area contributed by atoms with Crippen LogP contribution in [0.15, 0.2) is 66.7 Å². The maximum Gasteiger partial charge on any atom is 0.255 e. The van der Waals surface area contributed by atoms with Crippen LogP contribution in [0.1, 0.15) is 32.6 Å². The van der Waals surface area contributed by atoms with E-state index in [0.29, 0.717) is 11.3 Å². The zero-order valence-corrected chi connectivity index (χ0v) is 18.5. The molecule has 3 aromatic rings. The number of nitrogens with zero attached hydrogens (tertiary/aromatic N) is 1. The summed E-state index contributed by atoms with van der Waals surface area (Å²) in [5.41, 5.74) is 5.77. The van der Waals surface area contributed by atoms with Gasteiger partial charge in [-0.3, -0.25) is 9.10 Å². The highest BCUT2D eigenvalue weighted by Crippen LogP contribution is 2.22. The lowest BCUT2D eigenvalue weighted by molar-refractivity contribution is 0.102. The van der Waals surface area contributed by atoms with Crippen LogP contribution in [0.5, 0.6) is 0 Å². The largest absolute Gasteiger partial charge is 0.322 e. The van der Waals surface area contributed by atoms with Crippen LogP contribution < -0.4 is 9.62 Å². The molecule has 0 radical (unpaired) electrons. The predicted octanol–water partition coefficient (Wildman–Crippen LogP) is 4.83. The van der Waals surface area contributed by atoms with Crippen molar-refractivity contribution in [3.8, 4) is 0 Å². The fourth-order valence-electron chi connectivity index (χ4n) is 3.18. The van der Waals surface area contributed by atoms with Gasteiger partial charge in [-0.2, -0.15) is 0 Å². The number of benzene rings is 3. The number of carbonyl (C=O) groups is 1. The molecule has 0 bridgehead atoms. The molecular formula is C24H26N2O3S. The van der Waals surface area contributed by atoms with E-state index in [4.69, 9.17) is 0 Å². The molecule has 0 aliphatic heterocycles. The molecule has 0 atom stereocenters. The summed E-state index contributed by atoms with van der Waals surface area (Å²) >= 11 is 0. The molecular weight excluding hydrogens is 396 g/mol. The molecule has 5 nitrogen and oxygen atoms in total. The fraction of sp³-hybridized carbons (Fsp3) is 0.208. The highest BCUT2D eigenvalue weighted by molar-refractivity contribution is 7.92.